The summed E-state index contributed by atoms with van der Waals surface area (Å²) in [6.45, 7) is 1.76. The summed E-state index contributed by atoms with van der Waals surface area (Å²) in [5.74, 6) is 2.22. The van der Waals surface area contributed by atoms with E-state index >= 15 is 0 Å². The van der Waals surface area contributed by atoms with Crippen molar-refractivity contribution in [3.63, 3.8) is 0 Å². The van der Waals surface area contributed by atoms with Crippen molar-refractivity contribution in [2.75, 3.05) is 19.1 Å². The van der Waals surface area contributed by atoms with E-state index in [2.05, 4.69) is 30.3 Å². The van der Waals surface area contributed by atoms with Crippen LogP contribution >= 0.6 is 11.6 Å². The van der Waals surface area contributed by atoms with E-state index in [1.807, 2.05) is 0 Å². The Morgan fingerprint density at radius 1 is 1.31 bits per heavy atom. The largest absolute Gasteiger partial charge is 0.381 e. The molecule has 86 valence electrons. The number of halogens is 1. The third-order valence-corrected chi connectivity index (χ3v) is 4.74. The molecule has 1 aromatic rings. The highest BCUT2D eigenvalue weighted by Crippen LogP contribution is 2.60. The predicted octanol–water partition coefficient (Wildman–Crippen LogP) is 3.44. The van der Waals surface area contributed by atoms with E-state index in [9.17, 15) is 0 Å². The van der Waals surface area contributed by atoms with Gasteiger partial charge in [0.05, 0.1) is 6.61 Å². The molecule has 0 spiro atoms. The Hall–Kier alpha value is -0.530. The quantitative estimate of drug-likeness (QED) is 0.731. The fourth-order valence-electron chi connectivity index (χ4n) is 3.06. The molecule has 1 aliphatic carbocycles. The first-order valence-corrected chi connectivity index (χ1v) is 6.58. The van der Waals surface area contributed by atoms with E-state index in [1.165, 1.54) is 12.0 Å². The van der Waals surface area contributed by atoms with E-state index in [1.54, 1.807) is 0 Å². The molecule has 1 aromatic carbocycles. The van der Waals surface area contributed by atoms with Crippen molar-refractivity contribution in [3.05, 3.63) is 35.9 Å². The number of ether oxygens (including phenoxy) is 1. The van der Waals surface area contributed by atoms with Gasteiger partial charge in [-0.05, 0) is 30.2 Å². The zero-order chi connectivity index (χ0) is 11.0. The van der Waals surface area contributed by atoms with Gasteiger partial charge in [-0.25, -0.2) is 0 Å². The molecule has 3 atom stereocenters. The van der Waals surface area contributed by atoms with Crippen molar-refractivity contribution in [1.82, 2.24) is 0 Å². The van der Waals surface area contributed by atoms with E-state index in [0.717, 1.165) is 37.4 Å². The molecule has 0 radical (unpaired) electrons. The summed E-state index contributed by atoms with van der Waals surface area (Å²) >= 11 is 6.17. The lowest BCUT2D eigenvalue weighted by Crippen LogP contribution is -2.26. The Balaban J connectivity index is 1.76. The second-order valence-electron chi connectivity index (χ2n) is 5.16. The summed E-state index contributed by atoms with van der Waals surface area (Å²) in [6.07, 6.45) is 2.44. The topological polar surface area (TPSA) is 9.23 Å². The number of benzene rings is 1. The normalized spacial score (nSPS) is 37.6. The molecular weight excluding hydrogens is 220 g/mol. The molecule has 1 heterocycles. The van der Waals surface area contributed by atoms with Gasteiger partial charge in [0.15, 0.2) is 0 Å². The van der Waals surface area contributed by atoms with Gasteiger partial charge >= 0.3 is 0 Å². The van der Waals surface area contributed by atoms with Crippen molar-refractivity contribution >= 4 is 11.6 Å². The molecule has 0 N–H and O–H groups in total. The molecule has 0 amide bonds. The van der Waals surface area contributed by atoms with Gasteiger partial charge in [-0.2, -0.15) is 0 Å². The van der Waals surface area contributed by atoms with Crippen LogP contribution in [0.3, 0.4) is 0 Å². The van der Waals surface area contributed by atoms with Crippen molar-refractivity contribution in [3.8, 4) is 0 Å². The van der Waals surface area contributed by atoms with Crippen molar-refractivity contribution < 1.29 is 4.74 Å². The van der Waals surface area contributed by atoms with Crippen LogP contribution in [0.15, 0.2) is 30.3 Å². The molecule has 16 heavy (non-hydrogen) atoms. The second kappa shape index (κ2) is 4.05. The van der Waals surface area contributed by atoms with Gasteiger partial charge in [0.2, 0.25) is 0 Å². The van der Waals surface area contributed by atoms with E-state index < -0.39 is 0 Å². The first-order valence-electron chi connectivity index (χ1n) is 6.04. The third-order valence-electron chi connectivity index (χ3n) is 4.20. The highest BCUT2D eigenvalue weighted by molar-refractivity contribution is 6.18. The number of rotatable bonds is 3. The van der Waals surface area contributed by atoms with E-state index in [0.29, 0.717) is 0 Å². The second-order valence-corrected chi connectivity index (χ2v) is 5.43. The number of alkyl halides is 1. The molecule has 3 unspecified atom stereocenters. The zero-order valence-corrected chi connectivity index (χ0v) is 10.1. The minimum atomic E-state index is 0.266. The van der Waals surface area contributed by atoms with Gasteiger partial charge in [0.1, 0.15) is 0 Å². The Morgan fingerprint density at radius 2 is 2.12 bits per heavy atom. The zero-order valence-electron chi connectivity index (χ0n) is 9.36. The smallest absolute Gasteiger partial charge is 0.0537 e. The molecule has 2 aliphatic rings. The SMILES string of the molecule is ClCC1(C2CC2c2ccccc2)CCOC1. The average molecular weight is 237 g/mol. The van der Waals surface area contributed by atoms with E-state index in [4.69, 9.17) is 16.3 Å². The van der Waals surface area contributed by atoms with Crippen LogP contribution in [0.5, 0.6) is 0 Å². The molecule has 3 rings (SSSR count). The molecule has 1 saturated heterocycles. The maximum atomic E-state index is 6.17. The monoisotopic (exact) mass is 236 g/mol. The van der Waals surface area contributed by atoms with Crippen LogP contribution in [0.2, 0.25) is 0 Å². The maximum Gasteiger partial charge on any atom is 0.0537 e. The summed E-state index contributed by atoms with van der Waals surface area (Å²) in [7, 11) is 0. The van der Waals surface area contributed by atoms with Crippen LogP contribution in [0.25, 0.3) is 0 Å². The highest BCUT2D eigenvalue weighted by Gasteiger charge is 2.54. The molecule has 1 nitrogen and oxygen atoms in total. The van der Waals surface area contributed by atoms with Gasteiger partial charge in [-0.3, -0.25) is 0 Å². The maximum absolute atomic E-state index is 6.17. The Bertz CT molecular complexity index is 356. The third kappa shape index (κ3) is 1.66. The Morgan fingerprint density at radius 3 is 2.75 bits per heavy atom. The molecular formula is C14H17ClO. The van der Waals surface area contributed by atoms with Crippen LogP contribution in [0.4, 0.5) is 0 Å². The average Bonchev–Trinajstić information content (AvgIpc) is 3.02. The minimum absolute atomic E-state index is 0.266. The van der Waals surface area contributed by atoms with Crippen LogP contribution in [-0.2, 0) is 4.74 Å². The summed E-state index contributed by atoms with van der Waals surface area (Å²) in [6, 6.07) is 10.8. The first-order chi connectivity index (χ1) is 7.86. The van der Waals surface area contributed by atoms with Crippen molar-refractivity contribution in [1.29, 1.82) is 0 Å². The summed E-state index contributed by atoms with van der Waals surface area (Å²) < 4.78 is 5.55. The Labute approximate surface area is 102 Å². The molecule has 0 bridgehead atoms. The lowest BCUT2D eigenvalue weighted by Gasteiger charge is -2.24. The van der Waals surface area contributed by atoms with Crippen LogP contribution < -0.4 is 0 Å². The number of hydrogen-bond acceptors (Lipinski definition) is 1. The fourth-order valence-corrected chi connectivity index (χ4v) is 3.47. The molecule has 2 heteroatoms. The lowest BCUT2D eigenvalue weighted by atomic mass is 9.82. The number of hydrogen-bond donors (Lipinski definition) is 0. The fraction of sp³-hybridized carbons (Fsp3) is 0.571. The summed E-state index contributed by atoms with van der Waals surface area (Å²) in [5.41, 5.74) is 1.74. The highest BCUT2D eigenvalue weighted by atomic mass is 35.5. The standard InChI is InChI=1S/C14H17ClO/c15-9-14(6-7-16-10-14)13-8-12(13)11-4-2-1-3-5-11/h1-5,12-13H,6-10H2. The van der Waals surface area contributed by atoms with E-state index in [-0.39, 0.29) is 5.41 Å². The van der Waals surface area contributed by atoms with Crippen LogP contribution in [0.1, 0.15) is 24.3 Å². The molecule has 1 aliphatic heterocycles. The molecule has 0 aromatic heterocycles. The van der Waals surface area contributed by atoms with Gasteiger partial charge in [-0.1, -0.05) is 30.3 Å². The summed E-state index contributed by atoms with van der Waals surface area (Å²) in [5, 5.41) is 0. The Kier molecular flexibility index (Phi) is 2.68. The predicted molar refractivity (Wildman–Crippen MR) is 65.9 cm³/mol. The first kappa shape index (κ1) is 10.6. The van der Waals surface area contributed by atoms with Crippen molar-refractivity contribution in [2.24, 2.45) is 11.3 Å². The van der Waals surface area contributed by atoms with Gasteiger partial charge in [0.25, 0.3) is 0 Å². The van der Waals surface area contributed by atoms with Crippen LogP contribution in [0, 0.1) is 11.3 Å². The lowest BCUT2D eigenvalue weighted by molar-refractivity contribution is 0.149. The molecule has 2 fully saturated rings. The molecule has 1 saturated carbocycles. The van der Waals surface area contributed by atoms with Crippen molar-refractivity contribution in [2.45, 2.75) is 18.8 Å². The van der Waals surface area contributed by atoms with Gasteiger partial charge in [-0.15, -0.1) is 11.6 Å². The van der Waals surface area contributed by atoms with Gasteiger partial charge in [0, 0.05) is 17.9 Å². The minimum Gasteiger partial charge on any atom is -0.381 e. The van der Waals surface area contributed by atoms with Gasteiger partial charge < -0.3 is 4.74 Å². The van der Waals surface area contributed by atoms with Crippen LogP contribution in [-0.4, -0.2) is 19.1 Å². The summed E-state index contributed by atoms with van der Waals surface area (Å²) in [4.78, 5) is 0.